The van der Waals surface area contributed by atoms with Crippen LogP contribution in [0.1, 0.15) is 6.92 Å². The molecule has 0 fully saturated rings. The van der Waals surface area contributed by atoms with E-state index >= 15 is 0 Å². The van der Waals surface area contributed by atoms with E-state index in [9.17, 15) is 4.79 Å². The minimum absolute atomic E-state index is 0.258. The van der Waals surface area contributed by atoms with Crippen molar-refractivity contribution in [2.45, 2.75) is 6.92 Å². The molecule has 0 aliphatic carbocycles. The van der Waals surface area contributed by atoms with Crippen LogP contribution in [0.2, 0.25) is 0 Å². The third kappa shape index (κ3) is 3.73. The van der Waals surface area contributed by atoms with Crippen LogP contribution in [0.3, 0.4) is 0 Å². The summed E-state index contributed by atoms with van der Waals surface area (Å²) in [5.74, 6) is -0.258. The van der Waals surface area contributed by atoms with E-state index in [0.717, 1.165) is 0 Å². The van der Waals surface area contributed by atoms with Crippen LogP contribution in [0.5, 0.6) is 0 Å². The van der Waals surface area contributed by atoms with E-state index in [1.54, 1.807) is 11.4 Å². The Labute approximate surface area is 56.6 Å². The molecule has 3 heteroatoms. The molecular weight excluding hydrogens is 132 g/mol. The molecular formula is C6H10O2Si. The zero-order valence-corrected chi connectivity index (χ0v) is 6.62. The molecule has 0 N–H and O–H groups in total. The first-order chi connectivity index (χ1) is 4.20. The van der Waals surface area contributed by atoms with Crippen LogP contribution >= 0.6 is 0 Å². The second kappa shape index (κ2) is 4.09. The molecule has 50 valence electrons. The van der Waals surface area contributed by atoms with Crippen LogP contribution in [0.15, 0.2) is 24.6 Å². The minimum atomic E-state index is -1.57. The van der Waals surface area contributed by atoms with Gasteiger partial charge in [0.15, 0.2) is 0 Å². The molecule has 0 aromatic heterocycles. The Hall–Kier alpha value is -0.833. The van der Waals surface area contributed by atoms with Crippen molar-refractivity contribution < 1.29 is 9.22 Å². The summed E-state index contributed by atoms with van der Waals surface area (Å²) < 4.78 is 4.81. The summed E-state index contributed by atoms with van der Waals surface area (Å²) in [6.07, 6.45) is 0. The average molecular weight is 142 g/mol. The number of carbonyl (C=O) groups excluding carboxylic acids is 1. The third-order valence-corrected chi connectivity index (χ3v) is 2.30. The first-order valence-electron chi connectivity index (χ1n) is 2.63. The maximum atomic E-state index is 10.3. The maximum absolute atomic E-state index is 10.3. The van der Waals surface area contributed by atoms with E-state index in [1.807, 2.05) is 0 Å². The zero-order valence-electron chi connectivity index (χ0n) is 5.46. The largest absolute Gasteiger partial charge is 0.514 e. The van der Waals surface area contributed by atoms with Gasteiger partial charge in [0.05, 0.1) is 0 Å². The zero-order chi connectivity index (χ0) is 7.28. The molecule has 0 aromatic carbocycles. The van der Waals surface area contributed by atoms with E-state index in [1.165, 1.54) is 6.92 Å². The molecule has 0 unspecified atom stereocenters. The van der Waals surface area contributed by atoms with E-state index in [2.05, 4.69) is 13.2 Å². The predicted octanol–water partition coefficient (Wildman–Crippen LogP) is 0.724. The van der Waals surface area contributed by atoms with Crippen molar-refractivity contribution in [2.24, 2.45) is 0 Å². The molecule has 0 rings (SSSR count). The first-order valence-corrected chi connectivity index (χ1v) is 4.43. The van der Waals surface area contributed by atoms with E-state index in [0.29, 0.717) is 0 Å². The van der Waals surface area contributed by atoms with Gasteiger partial charge in [0.1, 0.15) is 0 Å². The van der Waals surface area contributed by atoms with Gasteiger partial charge in [-0.2, -0.15) is 0 Å². The molecule has 0 saturated heterocycles. The Bertz CT molecular complexity index is 123. The molecule has 0 heterocycles. The van der Waals surface area contributed by atoms with Gasteiger partial charge < -0.3 is 4.43 Å². The van der Waals surface area contributed by atoms with Crippen molar-refractivity contribution in [1.29, 1.82) is 0 Å². The molecule has 0 spiro atoms. The Balaban J connectivity index is 3.68. The van der Waals surface area contributed by atoms with Crippen LogP contribution in [0.25, 0.3) is 0 Å². The SMILES string of the molecule is C=C[SiH](C=C)OC(C)=O. The van der Waals surface area contributed by atoms with Crippen molar-refractivity contribution in [3.63, 3.8) is 0 Å². The fourth-order valence-electron chi connectivity index (χ4n) is 0.384. The third-order valence-electron chi connectivity index (χ3n) is 0.767. The van der Waals surface area contributed by atoms with Gasteiger partial charge in [-0.25, -0.2) is 0 Å². The molecule has 0 aliphatic heterocycles. The molecule has 0 amide bonds. The van der Waals surface area contributed by atoms with Gasteiger partial charge in [0, 0.05) is 6.92 Å². The fourth-order valence-corrected chi connectivity index (χ4v) is 1.15. The van der Waals surface area contributed by atoms with Gasteiger partial charge in [-0.05, 0) is 0 Å². The van der Waals surface area contributed by atoms with Gasteiger partial charge in [0.2, 0.25) is 0 Å². The minimum Gasteiger partial charge on any atom is -0.514 e. The number of carbonyl (C=O) groups is 1. The van der Waals surface area contributed by atoms with E-state index in [4.69, 9.17) is 4.43 Å². The second-order valence-electron chi connectivity index (χ2n) is 1.55. The highest BCUT2D eigenvalue weighted by Crippen LogP contribution is 1.87. The molecule has 0 aromatic rings. The fraction of sp³-hybridized carbons (Fsp3) is 0.167. The summed E-state index contributed by atoms with van der Waals surface area (Å²) in [5, 5.41) is 0. The number of hydrogen-bond donors (Lipinski definition) is 0. The van der Waals surface area contributed by atoms with Crippen molar-refractivity contribution in [2.75, 3.05) is 0 Å². The molecule has 2 nitrogen and oxygen atoms in total. The van der Waals surface area contributed by atoms with Crippen LogP contribution in [0, 0.1) is 0 Å². The van der Waals surface area contributed by atoms with Crippen LogP contribution in [0.4, 0.5) is 0 Å². The normalized spacial score (nSPS) is 8.67. The lowest BCUT2D eigenvalue weighted by atomic mass is 10.9. The van der Waals surface area contributed by atoms with Crippen LogP contribution in [-0.2, 0) is 9.22 Å². The molecule has 0 atom stereocenters. The summed E-state index contributed by atoms with van der Waals surface area (Å²) in [4.78, 5) is 10.3. The molecule has 0 radical (unpaired) electrons. The highest BCUT2D eigenvalue weighted by molar-refractivity contribution is 6.64. The highest BCUT2D eigenvalue weighted by atomic mass is 28.3. The van der Waals surface area contributed by atoms with Gasteiger partial charge >= 0.3 is 0 Å². The lowest BCUT2D eigenvalue weighted by Gasteiger charge is -2.03. The topological polar surface area (TPSA) is 26.3 Å². The monoisotopic (exact) mass is 142 g/mol. The lowest BCUT2D eigenvalue weighted by molar-refractivity contribution is -0.132. The van der Waals surface area contributed by atoms with Crippen LogP contribution in [-0.4, -0.2) is 15.0 Å². The van der Waals surface area contributed by atoms with Gasteiger partial charge in [-0.3, -0.25) is 4.79 Å². The quantitative estimate of drug-likeness (QED) is 0.543. The van der Waals surface area contributed by atoms with E-state index in [-0.39, 0.29) is 5.97 Å². The Morgan fingerprint density at radius 1 is 1.56 bits per heavy atom. The smallest absolute Gasteiger partial charge is 0.289 e. The van der Waals surface area contributed by atoms with Crippen molar-refractivity contribution in [1.82, 2.24) is 0 Å². The summed E-state index contributed by atoms with van der Waals surface area (Å²) in [6.45, 7) is 8.38. The molecule has 0 saturated carbocycles. The molecule has 0 aliphatic rings. The summed E-state index contributed by atoms with van der Waals surface area (Å²) >= 11 is 0. The molecule has 0 bridgehead atoms. The molecule has 9 heavy (non-hydrogen) atoms. The summed E-state index contributed by atoms with van der Waals surface area (Å²) in [7, 11) is -1.57. The number of hydrogen-bond acceptors (Lipinski definition) is 2. The Morgan fingerprint density at radius 2 is 2.00 bits per heavy atom. The average Bonchev–Trinajstić information content (AvgIpc) is 1.82. The Kier molecular flexibility index (Phi) is 3.71. The van der Waals surface area contributed by atoms with E-state index < -0.39 is 9.04 Å². The highest BCUT2D eigenvalue weighted by Gasteiger charge is 2.02. The summed E-state index contributed by atoms with van der Waals surface area (Å²) in [5.41, 5.74) is 3.29. The predicted molar refractivity (Wildman–Crippen MR) is 39.3 cm³/mol. The first kappa shape index (κ1) is 8.17. The second-order valence-corrected chi connectivity index (χ2v) is 3.65. The Morgan fingerprint density at radius 3 is 2.11 bits per heavy atom. The van der Waals surface area contributed by atoms with Gasteiger partial charge in [-0.1, -0.05) is 11.4 Å². The van der Waals surface area contributed by atoms with Gasteiger partial charge in [-0.15, -0.1) is 13.2 Å². The lowest BCUT2D eigenvalue weighted by Crippen LogP contribution is -2.15. The van der Waals surface area contributed by atoms with Crippen molar-refractivity contribution in [3.05, 3.63) is 24.6 Å². The standard InChI is InChI=1S/C6H10O2Si/c1-4-9(5-2)8-6(3)7/h4-5,9H,1-2H2,3H3. The van der Waals surface area contributed by atoms with Crippen molar-refractivity contribution in [3.8, 4) is 0 Å². The number of rotatable bonds is 3. The summed E-state index contributed by atoms with van der Waals surface area (Å²) in [6, 6.07) is 0. The van der Waals surface area contributed by atoms with Crippen molar-refractivity contribution >= 4 is 15.0 Å². The maximum Gasteiger partial charge on any atom is 0.289 e. The van der Waals surface area contributed by atoms with Gasteiger partial charge in [0.25, 0.3) is 15.0 Å². The van der Waals surface area contributed by atoms with Crippen LogP contribution < -0.4 is 0 Å².